The lowest BCUT2D eigenvalue weighted by molar-refractivity contribution is 0.369. The minimum Gasteiger partial charge on any atom is -0.425 e. The molecule has 3 aromatic rings. The Bertz CT molecular complexity index is 878. The van der Waals surface area contributed by atoms with Crippen LogP contribution < -0.4 is 4.90 Å². The number of oxazole rings is 1. The average Bonchev–Trinajstić information content (AvgIpc) is 3.18. The van der Waals surface area contributed by atoms with Gasteiger partial charge in [0.1, 0.15) is 11.3 Å². The lowest BCUT2D eigenvalue weighted by atomic mass is 9.97. The van der Waals surface area contributed by atoms with Crippen molar-refractivity contribution in [3.63, 3.8) is 0 Å². The van der Waals surface area contributed by atoms with Gasteiger partial charge in [-0.3, -0.25) is 0 Å². The van der Waals surface area contributed by atoms with Crippen LogP contribution in [-0.2, 0) is 0 Å². The number of halogens is 1. The third kappa shape index (κ3) is 2.44. The summed E-state index contributed by atoms with van der Waals surface area (Å²) in [6, 6.07) is 4.96. The molecule has 1 aliphatic carbocycles. The van der Waals surface area contributed by atoms with Crippen molar-refractivity contribution in [2.24, 2.45) is 0 Å². The molecule has 3 heterocycles. The van der Waals surface area contributed by atoms with Crippen LogP contribution >= 0.6 is 0 Å². The number of anilines is 1. The van der Waals surface area contributed by atoms with Crippen molar-refractivity contribution >= 4 is 17.1 Å². The third-order valence-electron chi connectivity index (χ3n) is 4.84. The molecule has 2 aromatic heterocycles. The van der Waals surface area contributed by atoms with Gasteiger partial charge in [-0.25, -0.2) is 4.39 Å². The maximum Gasteiger partial charge on any atom is 0.298 e. The Balaban J connectivity index is 1.29. The minimum absolute atomic E-state index is 0.295. The van der Waals surface area contributed by atoms with Crippen molar-refractivity contribution < 1.29 is 13.2 Å². The quantitative estimate of drug-likeness (QED) is 0.731. The van der Waals surface area contributed by atoms with Crippen molar-refractivity contribution in [3.8, 4) is 0 Å². The van der Waals surface area contributed by atoms with Crippen molar-refractivity contribution in [1.82, 2.24) is 15.2 Å². The molecule has 0 bridgehead atoms. The predicted molar refractivity (Wildman–Crippen MR) is 84.4 cm³/mol. The molecule has 1 aromatic carbocycles. The summed E-state index contributed by atoms with van der Waals surface area (Å²) in [5, 5.41) is 8.40. The van der Waals surface area contributed by atoms with Gasteiger partial charge >= 0.3 is 0 Å². The van der Waals surface area contributed by atoms with Crippen molar-refractivity contribution in [2.75, 3.05) is 18.0 Å². The van der Waals surface area contributed by atoms with Crippen LogP contribution in [0.3, 0.4) is 0 Å². The zero-order valence-electron chi connectivity index (χ0n) is 13.1. The number of hydrogen-bond donors (Lipinski definition) is 0. The standard InChI is InChI=1S/C17H17FN4O2/c18-12-3-4-13-14(9-12)23-17(19-13)22-7-5-11(6-8-22)16-21-20-15(24-16)10-1-2-10/h3-4,9-11H,1-2,5-8H2. The van der Waals surface area contributed by atoms with E-state index in [4.69, 9.17) is 8.83 Å². The van der Waals surface area contributed by atoms with E-state index in [0.29, 0.717) is 29.0 Å². The van der Waals surface area contributed by atoms with E-state index in [1.165, 1.54) is 25.0 Å². The number of nitrogens with zero attached hydrogens (tertiary/aromatic N) is 4. The summed E-state index contributed by atoms with van der Waals surface area (Å²) in [5.74, 6) is 2.03. The summed E-state index contributed by atoms with van der Waals surface area (Å²) in [6.07, 6.45) is 4.16. The zero-order valence-corrected chi connectivity index (χ0v) is 13.1. The maximum atomic E-state index is 13.3. The molecule has 0 unspecified atom stereocenters. The molecular weight excluding hydrogens is 311 g/mol. The van der Waals surface area contributed by atoms with Crippen LogP contribution in [-0.4, -0.2) is 28.3 Å². The van der Waals surface area contributed by atoms with Gasteiger partial charge < -0.3 is 13.7 Å². The van der Waals surface area contributed by atoms with E-state index in [0.717, 1.165) is 37.7 Å². The lowest BCUT2D eigenvalue weighted by Crippen LogP contribution is -2.33. The molecule has 0 spiro atoms. The number of piperidine rings is 1. The molecule has 1 saturated heterocycles. The second-order valence-electron chi connectivity index (χ2n) is 6.62. The molecule has 1 aliphatic heterocycles. The van der Waals surface area contributed by atoms with E-state index in [2.05, 4.69) is 20.1 Å². The highest BCUT2D eigenvalue weighted by molar-refractivity contribution is 5.74. The molecule has 6 nitrogen and oxygen atoms in total. The first-order chi connectivity index (χ1) is 11.8. The fourth-order valence-electron chi connectivity index (χ4n) is 3.25. The summed E-state index contributed by atoms with van der Waals surface area (Å²) >= 11 is 0. The summed E-state index contributed by atoms with van der Waals surface area (Å²) in [5.41, 5.74) is 1.16. The predicted octanol–water partition coefficient (Wildman–Crippen LogP) is 3.61. The molecule has 0 radical (unpaired) electrons. The Morgan fingerprint density at radius 1 is 0.958 bits per heavy atom. The molecule has 5 rings (SSSR count). The molecule has 24 heavy (non-hydrogen) atoms. The molecule has 0 N–H and O–H groups in total. The van der Waals surface area contributed by atoms with Gasteiger partial charge in [0.05, 0.1) is 0 Å². The molecule has 1 saturated carbocycles. The second kappa shape index (κ2) is 5.29. The van der Waals surface area contributed by atoms with E-state index >= 15 is 0 Å². The van der Waals surface area contributed by atoms with Crippen LogP contribution in [0.15, 0.2) is 27.0 Å². The maximum absolute atomic E-state index is 13.3. The molecule has 0 amide bonds. The largest absolute Gasteiger partial charge is 0.425 e. The summed E-state index contributed by atoms with van der Waals surface area (Å²) < 4.78 is 24.8. The van der Waals surface area contributed by atoms with Gasteiger partial charge in [-0.2, -0.15) is 4.98 Å². The first-order valence-electron chi connectivity index (χ1n) is 8.40. The highest BCUT2D eigenvalue weighted by Crippen LogP contribution is 2.40. The molecule has 0 atom stereocenters. The first-order valence-corrected chi connectivity index (χ1v) is 8.40. The molecular formula is C17H17FN4O2. The Kier molecular flexibility index (Phi) is 3.08. The van der Waals surface area contributed by atoms with Crippen LogP contribution in [0.4, 0.5) is 10.4 Å². The van der Waals surface area contributed by atoms with Gasteiger partial charge in [-0.05, 0) is 37.8 Å². The van der Waals surface area contributed by atoms with Crippen molar-refractivity contribution in [3.05, 3.63) is 35.8 Å². The van der Waals surface area contributed by atoms with Gasteiger partial charge in [0.15, 0.2) is 5.58 Å². The van der Waals surface area contributed by atoms with Gasteiger partial charge in [0, 0.05) is 31.0 Å². The Morgan fingerprint density at radius 3 is 2.38 bits per heavy atom. The summed E-state index contributed by atoms with van der Waals surface area (Å²) in [7, 11) is 0. The van der Waals surface area contributed by atoms with Gasteiger partial charge in [-0.1, -0.05) is 0 Å². The second-order valence-corrected chi connectivity index (χ2v) is 6.62. The lowest BCUT2D eigenvalue weighted by Gasteiger charge is -2.28. The van der Waals surface area contributed by atoms with E-state index in [1.807, 2.05) is 0 Å². The van der Waals surface area contributed by atoms with E-state index < -0.39 is 0 Å². The van der Waals surface area contributed by atoms with Crippen LogP contribution in [0.2, 0.25) is 0 Å². The number of aromatic nitrogens is 3. The Morgan fingerprint density at radius 2 is 1.67 bits per heavy atom. The number of hydrogen-bond acceptors (Lipinski definition) is 6. The zero-order chi connectivity index (χ0) is 16.1. The summed E-state index contributed by atoms with van der Waals surface area (Å²) in [6.45, 7) is 1.61. The fraction of sp³-hybridized carbons (Fsp3) is 0.471. The van der Waals surface area contributed by atoms with Crippen LogP contribution in [0.5, 0.6) is 0 Å². The molecule has 124 valence electrons. The number of fused-ring (bicyclic) bond motifs is 1. The first kappa shape index (κ1) is 13.9. The van der Waals surface area contributed by atoms with Crippen LogP contribution in [0.25, 0.3) is 11.1 Å². The molecule has 7 heteroatoms. The molecule has 2 fully saturated rings. The van der Waals surface area contributed by atoms with Crippen LogP contribution in [0, 0.1) is 5.82 Å². The SMILES string of the molecule is Fc1ccc2nc(N3CCC(c4nnc(C5CC5)o4)CC3)oc2c1. The van der Waals surface area contributed by atoms with Crippen molar-refractivity contribution in [2.45, 2.75) is 37.5 Å². The van der Waals surface area contributed by atoms with E-state index in [1.54, 1.807) is 6.07 Å². The van der Waals surface area contributed by atoms with Gasteiger partial charge in [-0.15, -0.1) is 10.2 Å². The van der Waals surface area contributed by atoms with E-state index in [9.17, 15) is 4.39 Å². The highest BCUT2D eigenvalue weighted by atomic mass is 19.1. The Hall–Kier alpha value is -2.44. The van der Waals surface area contributed by atoms with E-state index in [-0.39, 0.29) is 5.82 Å². The smallest absolute Gasteiger partial charge is 0.298 e. The number of benzene rings is 1. The average molecular weight is 328 g/mol. The van der Waals surface area contributed by atoms with Gasteiger partial charge in [0.25, 0.3) is 6.01 Å². The Labute approximate surface area is 137 Å². The third-order valence-corrected chi connectivity index (χ3v) is 4.84. The fourth-order valence-corrected chi connectivity index (χ4v) is 3.25. The normalized spacial score (nSPS) is 19.3. The van der Waals surface area contributed by atoms with Gasteiger partial charge in [0.2, 0.25) is 11.8 Å². The molecule has 2 aliphatic rings. The van der Waals surface area contributed by atoms with Crippen molar-refractivity contribution in [1.29, 1.82) is 0 Å². The minimum atomic E-state index is -0.313. The highest BCUT2D eigenvalue weighted by Gasteiger charge is 2.32. The topological polar surface area (TPSA) is 68.2 Å². The number of rotatable bonds is 3. The van der Waals surface area contributed by atoms with Crippen LogP contribution in [0.1, 0.15) is 49.3 Å². The summed E-state index contributed by atoms with van der Waals surface area (Å²) in [4.78, 5) is 6.54. The monoisotopic (exact) mass is 328 g/mol.